The van der Waals surface area contributed by atoms with Gasteiger partial charge in [-0.15, -0.1) is 6.42 Å². The topological polar surface area (TPSA) is 38.3 Å². The quantitative estimate of drug-likeness (QED) is 0.534. The van der Waals surface area contributed by atoms with Crippen LogP contribution in [0.5, 0.6) is 0 Å². The first-order chi connectivity index (χ1) is 8.38. The smallest absolute Gasteiger partial charge is 0.326 e. The Morgan fingerprint density at radius 2 is 1.78 bits per heavy atom. The van der Waals surface area contributed by atoms with Crippen LogP contribution in [-0.4, -0.2) is 24.7 Å². The SMILES string of the molecule is C#CCNC(CC(C)C)(CC(C)C)C(=O)OCC. The predicted octanol–water partition coefficient (Wildman–Crippen LogP) is 2.60. The molecule has 0 heterocycles. The van der Waals surface area contributed by atoms with E-state index in [4.69, 9.17) is 11.2 Å². The molecule has 1 N–H and O–H groups in total. The molecule has 0 rings (SSSR count). The average Bonchev–Trinajstić information content (AvgIpc) is 2.24. The van der Waals surface area contributed by atoms with E-state index < -0.39 is 5.54 Å². The third kappa shape index (κ3) is 5.55. The van der Waals surface area contributed by atoms with E-state index in [1.54, 1.807) is 0 Å². The zero-order valence-corrected chi connectivity index (χ0v) is 12.4. The molecule has 0 unspecified atom stereocenters. The maximum Gasteiger partial charge on any atom is 0.326 e. The highest BCUT2D eigenvalue weighted by atomic mass is 16.5. The Kier molecular flexibility index (Phi) is 7.70. The van der Waals surface area contributed by atoms with Gasteiger partial charge < -0.3 is 4.74 Å². The molecule has 0 spiro atoms. The lowest BCUT2D eigenvalue weighted by atomic mass is 9.81. The van der Waals surface area contributed by atoms with Crippen molar-refractivity contribution < 1.29 is 9.53 Å². The van der Waals surface area contributed by atoms with Gasteiger partial charge in [0.05, 0.1) is 13.2 Å². The van der Waals surface area contributed by atoms with Crippen LogP contribution in [0.1, 0.15) is 47.5 Å². The molecule has 0 aromatic carbocycles. The molecule has 0 bridgehead atoms. The first-order valence-electron chi connectivity index (χ1n) is 6.73. The number of hydrogen-bond donors (Lipinski definition) is 1. The lowest BCUT2D eigenvalue weighted by molar-refractivity contribution is -0.152. The van der Waals surface area contributed by atoms with Crippen LogP contribution in [0.25, 0.3) is 0 Å². The molecule has 0 radical (unpaired) electrons. The summed E-state index contributed by atoms with van der Waals surface area (Å²) in [7, 11) is 0. The average molecular weight is 253 g/mol. The maximum absolute atomic E-state index is 12.3. The van der Waals surface area contributed by atoms with E-state index in [1.165, 1.54) is 0 Å². The Balaban J connectivity index is 5.10. The summed E-state index contributed by atoms with van der Waals surface area (Å²) in [5.74, 6) is 3.17. The highest BCUT2D eigenvalue weighted by molar-refractivity contribution is 5.81. The van der Waals surface area contributed by atoms with Crippen molar-refractivity contribution in [3.8, 4) is 12.3 Å². The Morgan fingerprint density at radius 3 is 2.11 bits per heavy atom. The molecule has 3 nitrogen and oxygen atoms in total. The fraction of sp³-hybridized carbons (Fsp3) is 0.800. The molecule has 18 heavy (non-hydrogen) atoms. The predicted molar refractivity (Wildman–Crippen MR) is 75.1 cm³/mol. The number of ether oxygens (including phenoxy) is 1. The molecular formula is C15H27NO2. The van der Waals surface area contributed by atoms with Crippen LogP contribution < -0.4 is 5.32 Å². The molecule has 0 aliphatic heterocycles. The summed E-state index contributed by atoms with van der Waals surface area (Å²) in [6.45, 7) is 11.0. The Hall–Kier alpha value is -1.01. The number of nitrogens with one attached hydrogen (secondary N) is 1. The summed E-state index contributed by atoms with van der Waals surface area (Å²) in [4.78, 5) is 12.3. The number of terminal acetylenes is 1. The monoisotopic (exact) mass is 253 g/mol. The summed E-state index contributed by atoms with van der Waals surface area (Å²) in [5, 5.41) is 3.22. The molecule has 3 heteroatoms. The number of hydrogen-bond acceptors (Lipinski definition) is 3. The molecule has 0 atom stereocenters. The van der Waals surface area contributed by atoms with E-state index in [9.17, 15) is 4.79 Å². The van der Waals surface area contributed by atoms with Gasteiger partial charge in [0, 0.05) is 0 Å². The van der Waals surface area contributed by atoms with Gasteiger partial charge in [-0.05, 0) is 31.6 Å². The molecule has 104 valence electrons. The van der Waals surface area contributed by atoms with Crippen molar-refractivity contribution in [2.75, 3.05) is 13.2 Å². The zero-order valence-electron chi connectivity index (χ0n) is 12.4. The van der Waals surface area contributed by atoms with E-state index in [0.717, 1.165) is 12.8 Å². The fourth-order valence-electron chi connectivity index (χ4n) is 2.35. The van der Waals surface area contributed by atoms with Gasteiger partial charge in [-0.2, -0.15) is 0 Å². The van der Waals surface area contributed by atoms with E-state index in [1.807, 2.05) is 6.92 Å². The number of rotatable bonds is 8. The van der Waals surface area contributed by atoms with Gasteiger partial charge in [0.1, 0.15) is 5.54 Å². The Bertz CT molecular complexity index is 279. The second-order valence-electron chi connectivity index (χ2n) is 5.56. The van der Waals surface area contributed by atoms with Crippen molar-refractivity contribution in [3.05, 3.63) is 0 Å². The van der Waals surface area contributed by atoms with Crippen LogP contribution in [-0.2, 0) is 9.53 Å². The largest absolute Gasteiger partial charge is 0.465 e. The third-order valence-electron chi connectivity index (χ3n) is 2.71. The summed E-state index contributed by atoms with van der Waals surface area (Å²) in [6.07, 6.45) is 6.79. The summed E-state index contributed by atoms with van der Waals surface area (Å²) < 4.78 is 5.24. The van der Waals surface area contributed by atoms with Gasteiger partial charge in [0.2, 0.25) is 0 Å². The first kappa shape index (κ1) is 17.0. The van der Waals surface area contributed by atoms with Crippen molar-refractivity contribution >= 4 is 5.97 Å². The van der Waals surface area contributed by atoms with Gasteiger partial charge >= 0.3 is 5.97 Å². The first-order valence-corrected chi connectivity index (χ1v) is 6.73. The maximum atomic E-state index is 12.3. The fourth-order valence-corrected chi connectivity index (χ4v) is 2.35. The summed E-state index contributed by atoms with van der Waals surface area (Å²) in [5.41, 5.74) is -0.648. The van der Waals surface area contributed by atoms with Crippen molar-refractivity contribution in [1.29, 1.82) is 0 Å². The highest BCUT2D eigenvalue weighted by Gasteiger charge is 2.40. The van der Waals surface area contributed by atoms with Crippen LogP contribution in [0.15, 0.2) is 0 Å². The minimum Gasteiger partial charge on any atom is -0.465 e. The highest BCUT2D eigenvalue weighted by Crippen LogP contribution is 2.26. The molecule has 0 amide bonds. The Labute approximate surface area is 112 Å². The molecular weight excluding hydrogens is 226 g/mol. The molecule has 0 saturated heterocycles. The van der Waals surface area contributed by atoms with Crippen LogP contribution in [0.4, 0.5) is 0 Å². The van der Waals surface area contributed by atoms with Crippen molar-refractivity contribution in [3.63, 3.8) is 0 Å². The van der Waals surface area contributed by atoms with Crippen molar-refractivity contribution in [2.45, 2.75) is 53.0 Å². The molecule has 0 aliphatic rings. The normalized spacial score (nSPS) is 11.7. The van der Waals surface area contributed by atoms with Gasteiger partial charge in [-0.1, -0.05) is 33.6 Å². The summed E-state index contributed by atoms with van der Waals surface area (Å²) in [6, 6.07) is 0. The van der Waals surface area contributed by atoms with Crippen LogP contribution in [0.2, 0.25) is 0 Å². The van der Waals surface area contributed by atoms with Gasteiger partial charge in [0.25, 0.3) is 0 Å². The lowest BCUT2D eigenvalue weighted by Crippen LogP contribution is -2.54. The summed E-state index contributed by atoms with van der Waals surface area (Å²) >= 11 is 0. The molecule has 0 aliphatic carbocycles. The van der Waals surface area contributed by atoms with E-state index >= 15 is 0 Å². The van der Waals surface area contributed by atoms with Crippen molar-refractivity contribution in [2.24, 2.45) is 11.8 Å². The minimum atomic E-state index is -0.648. The van der Waals surface area contributed by atoms with E-state index in [0.29, 0.717) is 25.0 Å². The number of esters is 1. The molecule has 0 aromatic heterocycles. The van der Waals surface area contributed by atoms with Crippen LogP contribution >= 0.6 is 0 Å². The zero-order chi connectivity index (χ0) is 14.2. The van der Waals surface area contributed by atoms with Gasteiger partial charge in [0.15, 0.2) is 0 Å². The van der Waals surface area contributed by atoms with Crippen LogP contribution in [0, 0.1) is 24.2 Å². The van der Waals surface area contributed by atoms with E-state index in [2.05, 4.69) is 38.9 Å². The van der Waals surface area contributed by atoms with Crippen molar-refractivity contribution in [1.82, 2.24) is 5.32 Å². The third-order valence-corrected chi connectivity index (χ3v) is 2.71. The molecule has 0 saturated carbocycles. The number of carbonyl (C=O) groups excluding carboxylic acids is 1. The lowest BCUT2D eigenvalue weighted by Gasteiger charge is -2.35. The second-order valence-corrected chi connectivity index (χ2v) is 5.56. The van der Waals surface area contributed by atoms with Crippen LogP contribution in [0.3, 0.4) is 0 Å². The number of carbonyl (C=O) groups is 1. The van der Waals surface area contributed by atoms with Gasteiger partial charge in [-0.3, -0.25) is 10.1 Å². The minimum absolute atomic E-state index is 0.178. The van der Waals surface area contributed by atoms with E-state index in [-0.39, 0.29) is 5.97 Å². The molecule has 0 fully saturated rings. The Morgan fingerprint density at radius 1 is 1.28 bits per heavy atom. The standard InChI is InChI=1S/C15H27NO2/c1-7-9-16-15(10-12(3)4,11-13(5)6)14(17)18-8-2/h1,12-13,16H,8-11H2,2-6H3. The molecule has 0 aromatic rings. The second kappa shape index (κ2) is 8.16. The van der Waals surface area contributed by atoms with Gasteiger partial charge in [-0.25, -0.2) is 0 Å².